The Balaban J connectivity index is 1.88. The molecule has 1 amide bonds. The van der Waals surface area contributed by atoms with Crippen LogP contribution >= 0.6 is 23.2 Å². The highest BCUT2D eigenvalue weighted by Crippen LogP contribution is 2.22. The minimum absolute atomic E-state index is 0.0584. The van der Waals surface area contributed by atoms with Gasteiger partial charge >= 0.3 is 0 Å². The second-order valence-electron chi connectivity index (χ2n) is 5.39. The van der Waals surface area contributed by atoms with Crippen molar-refractivity contribution < 1.29 is 4.79 Å². The van der Waals surface area contributed by atoms with Gasteiger partial charge in [-0.1, -0.05) is 29.3 Å². The van der Waals surface area contributed by atoms with Gasteiger partial charge in [0, 0.05) is 22.6 Å². The van der Waals surface area contributed by atoms with Gasteiger partial charge in [-0.05, 0) is 50.4 Å². The van der Waals surface area contributed by atoms with E-state index in [-0.39, 0.29) is 17.9 Å². The minimum Gasteiger partial charge on any atom is -0.353 e. The van der Waals surface area contributed by atoms with Crippen LogP contribution in [0.2, 0.25) is 10.0 Å². The molecule has 3 nitrogen and oxygen atoms in total. The summed E-state index contributed by atoms with van der Waals surface area (Å²) in [5, 5.41) is 7.61. The van der Waals surface area contributed by atoms with Crippen LogP contribution in [0.15, 0.2) is 18.2 Å². The van der Waals surface area contributed by atoms with Crippen molar-refractivity contribution in [3.63, 3.8) is 0 Å². The first-order valence-corrected chi connectivity index (χ1v) is 7.77. The Morgan fingerprint density at radius 2 is 2.30 bits per heavy atom. The first-order valence-electron chi connectivity index (χ1n) is 7.01. The summed E-state index contributed by atoms with van der Waals surface area (Å²) in [6.07, 6.45) is 2.74. The summed E-state index contributed by atoms with van der Waals surface area (Å²) < 4.78 is 0. The van der Waals surface area contributed by atoms with E-state index in [2.05, 4.69) is 10.6 Å². The van der Waals surface area contributed by atoms with Crippen LogP contribution in [0.3, 0.4) is 0 Å². The van der Waals surface area contributed by atoms with Crippen molar-refractivity contribution in [3.05, 3.63) is 33.8 Å². The number of amides is 1. The van der Waals surface area contributed by atoms with Crippen LogP contribution in [0.5, 0.6) is 0 Å². The fourth-order valence-electron chi connectivity index (χ4n) is 2.50. The van der Waals surface area contributed by atoms with Crippen LogP contribution in [0.4, 0.5) is 0 Å². The summed E-state index contributed by atoms with van der Waals surface area (Å²) in [4.78, 5) is 12.1. The molecule has 1 saturated heterocycles. The van der Waals surface area contributed by atoms with Gasteiger partial charge < -0.3 is 10.6 Å². The monoisotopic (exact) mass is 314 g/mol. The number of rotatable bonds is 4. The molecular weight excluding hydrogens is 295 g/mol. The Morgan fingerprint density at radius 1 is 1.50 bits per heavy atom. The van der Waals surface area contributed by atoms with Crippen LogP contribution in [0.25, 0.3) is 0 Å². The van der Waals surface area contributed by atoms with E-state index in [1.807, 2.05) is 19.1 Å². The third-order valence-corrected chi connectivity index (χ3v) is 4.18. The predicted octanol–water partition coefficient (Wildman–Crippen LogP) is 3.04. The fraction of sp³-hybridized carbons (Fsp3) is 0.533. The molecule has 0 bridgehead atoms. The van der Waals surface area contributed by atoms with Gasteiger partial charge in [0.25, 0.3) is 0 Å². The lowest BCUT2D eigenvalue weighted by Gasteiger charge is -2.24. The smallest absolute Gasteiger partial charge is 0.224 e. The molecule has 2 atom stereocenters. The fourth-order valence-corrected chi connectivity index (χ4v) is 2.99. The first kappa shape index (κ1) is 15.6. The van der Waals surface area contributed by atoms with Gasteiger partial charge in [-0.2, -0.15) is 0 Å². The van der Waals surface area contributed by atoms with E-state index >= 15 is 0 Å². The predicted molar refractivity (Wildman–Crippen MR) is 83.4 cm³/mol. The Morgan fingerprint density at radius 3 is 2.95 bits per heavy atom. The van der Waals surface area contributed by atoms with E-state index in [0.29, 0.717) is 16.5 Å². The zero-order valence-corrected chi connectivity index (χ0v) is 13.1. The minimum atomic E-state index is 0.0584. The van der Waals surface area contributed by atoms with Crippen molar-refractivity contribution in [1.82, 2.24) is 10.6 Å². The average Bonchev–Trinajstić information content (AvgIpc) is 2.43. The number of halogens is 2. The lowest BCUT2D eigenvalue weighted by Crippen LogP contribution is -2.44. The largest absolute Gasteiger partial charge is 0.353 e. The number of benzene rings is 1. The van der Waals surface area contributed by atoms with E-state index in [9.17, 15) is 4.79 Å². The Kier molecular flexibility index (Phi) is 5.70. The van der Waals surface area contributed by atoms with Crippen LogP contribution in [-0.2, 0) is 11.2 Å². The summed E-state index contributed by atoms with van der Waals surface area (Å²) in [7, 11) is 0. The van der Waals surface area contributed by atoms with Crippen molar-refractivity contribution in [1.29, 1.82) is 0 Å². The topological polar surface area (TPSA) is 41.1 Å². The zero-order chi connectivity index (χ0) is 14.5. The molecule has 1 heterocycles. The van der Waals surface area contributed by atoms with Crippen LogP contribution < -0.4 is 10.6 Å². The van der Waals surface area contributed by atoms with E-state index in [0.717, 1.165) is 31.5 Å². The van der Waals surface area contributed by atoms with Gasteiger partial charge in [0.1, 0.15) is 0 Å². The Labute approximate surface area is 130 Å². The molecule has 5 heteroatoms. The van der Waals surface area contributed by atoms with Crippen molar-refractivity contribution in [2.75, 3.05) is 13.1 Å². The molecule has 1 fully saturated rings. The summed E-state index contributed by atoms with van der Waals surface area (Å²) in [6.45, 7) is 3.79. The first-order chi connectivity index (χ1) is 9.56. The molecule has 1 aliphatic heterocycles. The van der Waals surface area contributed by atoms with E-state index in [1.165, 1.54) is 0 Å². The normalized spacial score (nSPS) is 20.4. The maximum absolute atomic E-state index is 12.1. The third-order valence-electron chi connectivity index (χ3n) is 3.60. The molecule has 0 aromatic heterocycles. The molecule has 2 rings (SSSR count). The standard InChI is InChI=1S/C15H20Cl2N2O/c1-10(7-11-4-5-13(16)8-14(11)17)19-15(20)12-3-2-6-18-9-12/h4-5,8,10,12,18H,2-3,6-7,9H2,1H3,(H,19,20). The number of carbonyl (C=O) groups excluding carboxylic acids is 1. The average molecular weight is 315 g/mol. The summed E-state index contributed by atoms with van der Waals surface area (Å²) in [6, 6.07) is 5.53. The molecule has 20 heavy (non-hydrogen) atoms. The highest BCUT2D eigenvalue weighted by Gasteiger charge is 2.22. The van der Waals surface area contributed by atoms with Crippen molar-refractivity contribution in [2.45, 2.75) is 32.2 Å². The molecular formula is C15H20Cl2N2O. The number of hydrogen-bond donors (Lipinski definition) is 2. The quantitative estimate of drug-likeness (QED) is 0.897. The van der Waals surface area contributed by atoms with Crippen molar-refractivity contribution >= 4 is 29.1 Å². The van der Waals surface area contributed by atoms with E-state index < -0.39 is 0 Å². The van der Waals surface area contributed by atoms with Gasteiger partial charge in [-0.25, -0.2) is 0 Å². The molecule has 1 aliphatic rings. The summed E-state index contributed by atoms with van der Waals surface area (Å²) >= 11 is 12.0. The van der Waals surface area contributed by atoms with Crippen LogP contribution in [0, 0.1) is 5.92 Å². The van der Waals surface area contributed by atoms with Gasteiger partial charge in [-0.15, -0.1) is 0 Å². The Bertz CT molecular complexity index is 473. The van der Waals surface area contributed by atoms with E-state index in [1.54, 1.807) is 6.07 Å². The van der Waals surface area contributed by atoms with Crippen LogP contribution in [0.1, 0.15) is 25.3 Å². The van der Waals surface area contributed by atoms with Gasteiger partial charge in [-0.3, -0.25) is 4.79 Å². The second kappa shape index (κ2) is 7.30. The second-order valence-corrected chi connectivity index (χ2v) is 6.24. The number of carbonyl (C=O) groups is 1. The zero-order valence-electron chi connectivity index (χ0n) is 11.6. The molecule has 2 N–H and O–H groups in total. The van der Waals surface area contributed by atoms with Gasteiger partial charge in [0.05, 0.1) is 5.92 Å². The molecule has 1 aromatic rings. The maximum Gasteiger partial charge on any atom is 0.224 e. The van der Waals surface area contributed by atoms with Crippen molar-refractivity contribution in [2.24, 2.45) is 5.92 Å². The third kappa shape index (κ3) is 4.37. The van der Waals surface area contributed by atoms with Crippen LogP contribution in [-0.4, -0.2) is 25.0 Å². The highest BCUT2D eigenvalue weighted by molar-refractivity contribution is 6.35. The molecule has 2 unspecified atom stereocenters. The Hall–Kier alpha value is -0.770. The number of piperidine rings is 1. The molecule has 0 spiro atoms. The summed E-state index contributed by atoms with van der Waals surface area (Å²) in [5.41, 5.74) is 1.01. The lowest BCUT2D eigenvalue weighted by atomic mass is 9.98. The van der Waals surface area contributed by atoms with Gasteiger partial charge in [0.15, 0.2) is 0 Å². The van der Waals surface area contributed by atoms with E-state index in [4.69, 9.17) is 23.2 Å². The lowest BCUT2D eigenvalue weighted by molar-refractivity contribution is -0.126. The number of hydrogen-bond acceptors (Lipinski definition) is 2. The number of nitrogens with one attached hydrogen (secondary N) is 2. The molecule has 0 radical (unpaired) electrons. The molecule has 0 aliphatic carbocycles. The molecule has 1 aromatic carbocycles. The van der Waals surface area contributed by atoms with Crippen molar-refractivity contribution in [3.8, 4) is 0 Å². The van der Waals surface area contributed by atoms with Gasteiger partial charge in [0.2, 0.25) is 5.91 Å². The maximum atomic E-state index is 12.1. The SMILES string of the molecule is CC(Cc1ccc(Cl)cc1Cl)NC(=O)C1CCCNC1. The molecule has 110 valence electrons. The summed E-state index contributed by atoms with van der Waals surface area (Å²) in [5.74, 6) is 0.224. The molecule has 0 saturated carbocycles. The highest BCUT2D eigenvalue weighted by atomic mass is 35.5.